The summed E-state index contributed by atoms with van der Waals surface area (Å²) in [7, 11) is 0. The van der Waals surface area contributed by atoms with Crippen LogP contribution in [0.25, 0.3) is 17.0 Å². The summed E-state index contributed by atoms with van der Waals surface area (Å²) in [6, 6.07) is 9.75. The third kappa shape index (κ3) is 2.19. The Hall–Kier alpha value is -1.48. The van der Waals surface area contributed by atoms with E-state index in [2.05, 4.69) is 20.9 Å². The van der Waals surface area contributed by atoms with Crippen molar-refractivity contribution < 1.29 is 4.79 Å². The zero-order valence-electron chi connectivity index (χ0n) is 8.77. The molecule has 0 radical (unpaired) electrons. The lowest BCUT2D eigenvalue weighted by Gasteiger charge is -2.01. The monoisotopic (exact) mass is 275 g/mol. The normalized spacial score (nSPS) is 11.8. The lowest BCUT2D eigenvalue weighted by molar-refractivity contribution is -0.112. The zero-order chi connectivity index (χ0) is 11.5. The van der Waals surface area contributed by atoms with Crippen LogP contribution in [0.2, 0.25) is 0 Å². The Bertz CT molecular complexity index is 570. The molecule has 0 atom stereocenters. The number of carbonyl (C=O) groups excluding carboxylic acids is 1. The molecule has 2 rings (SSSR count). The summed E-state index contributed by atoms with van der Waals surface area (Å²) in [5.41, 5.74) is 1.92. The van der Waals surface area contributed by atoms with E-state index in [-0.39, 0.29) is 5.78 Å². The molecule has 0 spiro atoms. The summed E-state index contributed by atoms with van der Waals surface area (Å²) >= 11 is 3.26. The number of allylic oxidation sites excluding steroid dienone is 1. The molecule has 0 aliphatic rings. The number of hydrogen-bond donors (Lipinski definition) is 0. The molecule has 0 amide bonds. The smallest absolute Gasteiger partial charge is 0.166 e. The predicted molar refractivity (Wildman–Crippen MR) is 69.3 cm³/mol. The van der Waals surface area contributed by atoms with E-state index >= 15 is 0 Å². The first kappa shape index (κ1) is 11.0. The fraction of sp³-hybridized carbons (Fsp3) is 0.0769. The van der Waals surface area contributed by atoms with Crippen LogP contribution in [0.4, 0.5) is 0 Å². The minimum atomic E-state index is 0.0147. The van der Waals surface area contributed by atoms with Crippen LogP contribution in [0.3, 0.4) is 0 Å². The molecule has 0 fully saturated rings. The quantitative estimate of drug-likeness (QED) is 0.785. The number of nitrogens with zero attached hydrogens (tertiary/aromatic N) is 1. The summed E-state index contributed by atoms with van der Waals surface area (Å²) in [6.07, 6.45) is 3.57. The Kier molecular flexibility index (Phi) is 3.15. The van der Waals surface area contributed by atoms with E-state index in [1.807, 2.05) is 36.4 Å². The van der Waals surface area contributed by atoms with Crippen molar-refractivity contribution in [3.63, 3.8) is 0 Å². The lowest BCUT2D eigenvalue weighted by atomic mass is 10.1. The van der Waals surface area contributed by atoms with Crippen molar-refractivity contribution in [2.24, 2.45) is 0 Å². The Balaban J connectivity index is 2.61. The molecule has 0 saturated heterocycles. The topological polar surface area (TPSA) is 30.0 Å². The van der Waals surface area contributed by atoms with E-state index in [0.29, 0.717) is 4.48 Å². The molecule has 0 unspecified atom stereocenters. The first-order valence-corrected chi connectivity index (χ1v) is 5.69. The van der Waals surface area contributed by atoms with Gasteiger partial charge in [0.2, 0.25) is 0 Å². The van der Waals surface area contributed by atoms with Crippen molar-refractivity contribution in [1.82, 2.24) is 4.98 Å². The van der Waals surface area contributed by atoms with Gasteiger partial charge in [-0.1, -0.05) is 18.2 Å². The fourth-order valence-corrected chi connectivity index (χ4v) is 1.73. The molecular weight excluding hydrogens is 266 g/mol. The lowest BCUT2D eigenvalue weighted by Crippen LogP contribution is -1.89. The highest BCUT2D eigenvalue weighted by Gasteiger charge is 2.02. The van der Waals surface area contributed by atoms with E-state index in [0.717, 1.165) is 16.5 Å². The van der Waals surface area contributed by atoms with Gasteiger partial charge in [-0.05, 0) is 46.6 Å². The summed E-state index contributed by atoms with van der Waals surface area (Å²) in [6.45, 7) is 1.53. The summed E-state index contributed by atoms with van der Waals surface area (Å²) in [5.74, 6) is 0.0147. The van der Waals surface area contributed by atoms with Crippen molar-refractivity contribution in [3.05, 3.63) is 46.6 Å². The molecule has 2 nitrogen and oxygen atoms in total. The van der Waals surface area contributed by atoms with Crippen LogP contribution in [-0.2, 0) is 4.79 Å². The van der Waals surface area contributed by atoms with Gasteiger partial charge in [-0.3, -0.25) is 9.78 Å². The number of carbonyl (C=O) groups is 1. The molecule has 0 saturated carbocycles. The molecule has 1 aromatic heterocycles. The van der Waals surface area contributed by atoms with E-state index in [1.54, 1.807) is 6.20 Å². The highest BCUT2D eigenvalue weighted by atomic mass is 79.9. The van der Waals surface area contributed by atoms with Crippen LogP contribution >= 0.6 is 15.9 Å². The molecule has 1 aromatic carbocycles. The number of benzene rings is 1. The molecular formula is C13H10BrNO. The number of hydrogen-bond acceptors (Lipinski definition) is 2. The zero-order valence-corrected chi connectivity index (χ0v) is 10.4. The second-order valence-electron chi connectivity index (χ2n) is 3.47. The number of rotatable bonds is 2. The van der Waals surface area contributed by atoms with Crippen molar-refractivity contribution in [1.29, 1.82) is 0 Å². The third-order valence-corrected chi connectivity index (χ3v) is 3.09. The van der Waals surface area contributed by atoms with E-state index < -0.39 is 0 Å². The van der Waals surface area contributed by atoms with Crippen LogP contribution in [0, 0.1) is 0 Å². The maximum Gasteiger partial charge on any atom is 0.166 e. The summed E-state index contributed by atoms with van der Waals surface area (Å²) < 4.78 is 0.573. The number of Topliss-reactive ketones (excluding diaryl/α,β-unsaturated/α-hetero) is 1. The SMILES string of the molecule is CC(=O)C(Br)=Cc1ccnc2ccccc12. The number of halogens is 1. The van der Waals surface area contributed by atoms with Gasteiger partial charge >= 0.3 is 0 Å². The average molecular weight is 276 g/mol. The van der Waals surface area contributed by atoms with Gasteiger partial charge in [0, 0.05) is 11.6 Å². The highest BCUT2D eigenvalue weighted by Crippen LogP contribution is 2.20. The second kappa shape index (κ2) is 4.58. The van der Waals surface area contributed by atoms with Gasteiger partial charge in [0.25, 0.3) is 0 Å². The van der Waals surface area contributed by atoms with Gasteiger partial charge < -0.3 is 0 Å². The number of para-hydroxylation sites is 1. The second-order valence-corrected chi connectivity index (χ2v) is 4.32. The van der Waals surface area contributed by atoms with Gasteiger partial charge in [0.1, 0.15) is 0 Å². The molecule has 2 aromatic rings. The molecule has 0 N–H and O–H groups in total. The van der Waals surface area contributed by atoms with Crippen molar-refractivity contribution in [2.45, 2.75) is 6.92 Å². The number of fused-ring (bicyclic) bond motifs is 1. The van der Waals surface area contributed by atoms with Crippen LogP contribution in [0.1, 0.15) is 12.5 Å². The van der Waals surface area contributed by atoms with Gasteiger partial charge in [-0.15, -0.1) is 0 Å². The molecule has 0 aliphatic heterocycles. The van der Waals surface area contributed by atoms with Crippen LogP contribution in [0.5, 0.6) is 0 Å². The molecule has 3 heteroatoms. The number of ketones is 1. The standard InChI is InChI=1S/C13H10BrNO/c1-9(16)12(14)8-10-6-7-15-13-5-3-2-4-11(10)13/h2-8H,1H3. The van der Waals surface area contributed by atoms with Crippen LogP contribution in [0.15, 0.2) is 41.0 Å². The Morgan fingerprint density at radius 1 is 1.31 bits per heavy atom. The van der Waals surface area contributed by atoms with Gasteiger partial charge in [-0.2, -0.15) is 0 Å². The fourth-order valence-electron chi connectivity index (χ4n) is 1.48. The van der Waals surface area contributed by atoms with Gasteiger partial charge in [-0.25, -0.2) is 0 Å². The molecule has 80 valence electrons. The molecule has 0 aliphatic carbocycles. The summed E-state index contributed by atoms with van der Waals surface area (Å²) in [5, 5.41) is 1.04. The van der Waals surface area contributed by atoms with E-state index in [4.69, 9.17) is 0 Å². The van der Waals surface area contributed by atoms with Crippen molar-refractivity contribution >= 4 is 38.7 Å². The Morgan fingerprint density at radius 2 is 2.06 bits per heavy atom. The molecule has 16 heavy (non-hydrogen) atoms. The number of aromatic nitrogens is 1. The van der Waals surface area contributed by atoms with E-state index in [9.17, 15) is 4.79 Å². The minimum absolute atomic E-state index is 0.0147. The third-order valence-electron chi connectivity index (χ3n) is 2.30. The Labute approximate surface area is 102 Å². The van der Waals surface area contributed by atoms with E-state index in [1.165, 1.54) is 6.92 Å². The first-order valence-electron chi connectivity index (χ1n) is 4.90. The van der Waals surface area contributed by atoms with Crippen LogP contribution in [-0.4, -0.2) is 10.8 Å². The first-order chi connectivity index (χ1) is 7.68. The van der Waals surface area contributed by atoms with Crippen LogP contribution < -0.4 is 0 Å². The predicted octanol–water partition coefficient (Wildman–Crippen LogP) is 3.56. The maximum atomic E-state index is 11.2. The molecule has 1 heterocycles. The molecule has 0 bridgehead atoms. The average Bonchev–Trinajstić information content (AvgIpc) is 2.29. The van der Waals surface area contributed by atoms with Crippen molar-refractivity contribution in [2.75, 3.05) is 0 Å². The maximum absolute atomic E-state index is 11.2. The largest absolute Gasteiger partial charge is 0.294 e. The highest BCUT2D eigenvalue weighted by molar-refractivity contribution is 9.12. The van der Waals surface area contributed by atoms with Crippen molar-refractivity contribution in [3.8, 4) is 0 Å². The summed E-state index contributed by atoms with van der Waals surface area (Å²) in [4.78, 5) is 15.4. The van der Waals surface area contributed by atoms with Gasteiger partial charge in [0.15, 0.2) is 5.78 Å². The Morgan fingerprint density at radius 3 is 2.81 bits per heavy atom. The number of pyridine rings is 1. The van der Waals surface area contributed by atoms with Gasteiger partial charge in [0.05, 0.1) is 10.00 Å². The minimum Gasteiger partial charge on any atom is -0.294 e.